The predicted octanol–water partition coefficient (Wildman–Crippen LogP) is 4.72. The Morgan fingerprint density at radius 1 is 1.12 bits per heavy atom. The fraction of sp³-hybridized carbons (Fsp3) is 0.704. The molecule has 1 N–H and O–H groups in total. The standard InChI is InChI=1S/C27H42N2O4/c1-2-29-25-15-14-24(20-23(25)13-16-27(29)32)33-19-9-6-12-26(31)28(17-7-8-18-30)21-22-10-4-3-5-11-22/h14-15,20,22,30H,2-13,16-19,21H2,1H3. The summed E-state index contributed by atoms with van der Waals surface area (Å²) in [5.41, 5.74) is 2.18. The molecule has 1 aliphatic heterocycles. The smallest absolute Gasteiger partial charge is 0.227 e. The zero-order valence-corrected chi connectivity index (χ0v) is 20.4. The van der Waals surface area contributed by atoms with E-state index < -0.39 is 0 Å². The first-order valence-electron chi connectivity index (χ1n) is 13.1. The maximum Gasteiger partial charge on any atom is 0.227 e. The average molecular weight is 459 g/mol. The van der Waals surface area contributed by atoms with Crippen LogP contribution in [0.2, 0.25) is 0 Å². The van der Waals surface area contributed by atoms with E-state index in [1.54, 1.807) is 0 Å². The molecular weight excluding hydrogens is 416 g/mol. The number of amides is 2. The van der Waals surface area contributed by atoms with Crippen LogP contribution in [0.3, 0.4) is 0 Å². The van der Waals surface area contributed by atoms with E-state index in [2.05, 4.69) is 11.0 Å². The average Bonchev–Trinajstić information content (AvgIpc) is 2.84. The van der Waals surface area contributed by atoms with Crippen LogP contribution in [0.5, 0.6) is 5.75 Å². The third-order valence-electron chi connectivity index (χ3n) is 7.01. The fourth-order valence-electron chi connectivity index (χ4n) is 5.11. The van der Waals surface area contributed by atoms with Crippen molar-refractivity contribution in [3.8, 4) is 5.75 Å². The molecule has 0 unspecified atom stereocenters. The Balaban J connectivity index is 1.41. The minimum Gasteiger partial charge on any atom is -0.494 e. The summed E-state index contributed by atoms with van der Waals surface area (Å²) in [7, 11) is 0. The zero-order valence-electron chi connectivity index (χ0n) is 20.4. The van der Waals surface area contributed by atoms with Crippen LogP contribution in [0.25, 0.3) is 0 Å². The van der Waals surface area contributed by atoms with Crippen molar-refractivity contribution in [2.24, 2.45) is 5.92 Å². The van der Waals surface area contributed by atoms with Gasteiger partial charge in [-0.05, 0) is 81.5 Å². The van der Waals surface area contributed by atoms with Crippen molar-refractivity contribution in [3.05, 3.63) is 23.8 Å². The maximum atomic E-state index is 12.9. The zero-order chi connectivity index (χ0) is 23.5. The van der Waals surface area contributed by atoms with E-state index in [9.17, 15) is 9.59 Å². The van der Waals surface area contributed by atoms with Gasteiger partial charge >= 0.3 is 0 Å². The first-order chi connectivity index (χ1) is 16.1. The van der Waals surface area contributed by atoms with E-state index in [4.69, 9.17) is 9.84 Å². The van der Waals surface area contributed by atoms with Gasteiger partial charge in [0.05, 0.1) is 6.61 Å². The van der Waals surface area contributed by atoms with Crippen LogP contribution in [-0.2, 0) is 16.0 Å². The number of aliphatic hydroxyl groups excluding tert-OH is 1. The molecule has 33 heavy (non-hydrogen) atoms. The summed E-state index contributed by atoms with van der Waals surface area (Å²) in [5.74, 6) is 1.92. The number of nitrogens with zero attached hydrogens (tertiary/aromatic N) is 2. The number of fused-ring (bicyclic) bond motifs is 1. The Bertz CT molecular complexity index is 760. The fourth-order valence-corrected chi connectivity index (χ4v) is 5.11. The Labute approximate surface area is 199 Å². The van der Waals surface area contributed by atoms with Gasteiger partial charge in [-0.3, -0.25) is 9.59 Å². The van der Waals surface area contributed by atoms with Crippen LogP contribution in [0.15, 0.2) is 18.2 Å². The van der Waals surface area contributed by atoms with Gasteiger partial charge in [-0.2, -0.15) is 0 Å². The van der Waals surface area contributed by atoms with E-state index in [1.165, 1.54) is 37.7 Å². The normalized spacial score (nSPS) is 16.5. The highest BCUT2D eigenvalue weighted by molar-refractivity contribution is 5.96. The number of rotatable bonds is 13. The molecule has 0 radical (unpaired) electrons. The van der Waals surface area contributed by atoms with Gasteiger partial charge in [0.25, 0.3) is 0 Å². The van der Waals surface area contributed by atoms with Gasteiger partial charge in [0, 0.05) is 44.8 Å². The summed E-state index contributed by atoms with van der Waals surface area (Å²) >= 11 is 0. The monoisotopic (exact) mass is 458 g/mol. The molecule has 3 rings (SSSR count). The Hall–Kier alpha value is -2.08. The minimum atomic E-state index is 0.192. The second-order valence-electron chi connectivity index (χ2n) is 9.51. The topological polar surface area (TPSA) is 70.1 Å². The van der Waals surface area contributed by atoms with Crippen LogP contribution in [0.1, 0.15) is 83.1 Å². The summed E-state index contributed by atoms with van der Waals surface area (Å²) in [6.07, 6.45) is 11.6. The SMILES string of the molecule is CCN1C(=O)CCc2cc(OCCCCC(=O)N(CCCCO)CC3CCCCC3)ccc21. The highest BCUT2D eigenvalue weighted by Crippen LogP contribution is 2.31. The molecule has 0 spiro atoms. The van der Waals surface area contributed by atoms with Crippen molar-refractivity contribution in [1.82, 2.24) is 4.90 Å². The summed E-state index contributed by atoms with van der Waals surface area (Å²) in [5, 5.41) is 9.10. The first-order valence-corrected chi connectivity index (χ1v) is 13.1. The lowest BCUT2D eigenvalue weighted by Gasteiger charge is -2.30. The van der Waals surface area contributed by atoms with E-state index in [0.29, 0.717) is 31.9 Å². The van der Waals surface area contributed by atoms with E-state index in [1.807, 2.05) is 24.0 Å². The Morgan fingerprint density at radius 2 is 1.94 bits per heavy atom. The quantitative estimate of drug-likeness (QED) is 0.434. The van der Waals surface area contributed by atoms with Crippen LogP contribution >= 0.6 is 0 Å². The molecule has 1 fully saturated rings. The summed E-state index contributed by atoms with van der Waals surface area (Å²) in [4.78, 5) is 28.8. The molecule has 6 heteroatoms. The van der Waals surface area contributed by atoms with Crippen LogP contribution < -0.4 is 9.64 Å². The molecule has 1 aromatic carbocycles. The number of unbranched alkanes of at least 4 members (excludes halogenated alkanes) is 2. The molecule has 0 bridgehead atoms. The minimum absolute atomic E-state index is 0.192. The number of benzene rings is 1. The molecule has 0 saturated heterocycles. The van der Waals surface area contributed by atoms with Gasteiger partial charge in [0.15, 0.2) is 0 Å². The lowest BCUT2D eigenvalue weighted by atomic mass is 9.89. The molecule has 2 amide bonds. The summed E-state index contributed by atoms with van der Waals surface area (Å²) < 4.78 is 5.95. The molecule has 1 saturated carbocycles. The Morgan fingerprint density at radius 3 is 2.70 bits per heavy atom. The van der Waals surface area contributed by atoms with Crippen LogP contribution in [0, 0.1) is 5.92 Å². The Kier molecular flexibility index (Phi) is 10.5. The van der Waals surface area contributed by atoms with Crippen molar-refractivity contribution in [2.75, 3.05) is 37.7 Å². The number of ether oxygens (including phenoxy) is 1. The molecule has 1 heterocycles. The molecule has 0 aromatic heterocycles. The molecular formula is C27H42N2O4. The van der Waals surface area contributed by atoms with Gasteiger partial charge in [-0.25, -0.2) is 0 Å². The van der Waals surface area contributed by atoms with Gasteiger partial charge < -0.3 is 19.6 Å². The van der Waals surface area contributed by atoms with E-state index in [-0.39, 0.29) is 18.4 Å². The van der Waals surface area contributed by atoms with Gasteiger partial charge in [0.1, 0.15) is 5.75 Å². The van der Waals surface area contributed by atoms with Gasteiger partial charge in [0.2, 0.25) is 11.8 Å². The van der Waals surface area contributed by atoms with Crippen molar-refractivity contribution in [3.63, 3.8) is 0 Å². The van der Waals surface area contributed by atoms with Crippen molar-refractivity contribution >= 4 is 17.5 Å². The third-order valence-corrected chi connectivity index (χ3v) is 7.01. The van der Waals surface area contributed by atoms with Gasteiger partial charge in [-0.15, -0.1) is 0 Å². The number of hydrogen-bond acceptors (Lipinski definition) is 4. The van der Waals surface area contributed by atoms with E-state index in [0.717, 1.165) is 56.6 Å². The molecule has 1 aliphatic carbocycles. The second-order valence-corrected chi connectivity index (χ2v) is 9.51. The molecule has 1 aromatic rings. The third kappa shape index (κ3) is 7.73. The first kappa shape index (κ1) is 25.5. The second kappa shape index (κ2) is 13.6. The van der Waals surface area contributed by atoms with Crippen molar-refractivity contribution < 1.29 is 19.4 Å². The number of carbonyl (C=O) groups excluding carboxylic acids is 2. The molecule has 0 atom stereocenters. The summed E-state index contributed by atoms with van der Waals surface area (Å²) in [6, 6.07) is 5.99. The molecule has 184 valence electrons. The lowest BCUT2D eigenvalue weighted by Crippen LogP contribution is -2.36. The van der Waals surface area contributed by atoms with Crippen molar-refractivity contribution in [1.29, 1.82) is 0 Å². The number of hydrogen-bond donors (Lipinski definition) is 1. The van der Waals surface area contributed by atoms with Crippen molar-refractivity contribution in [2.45, 2.75) is 84.0 Å². The highest BCUT2D eigenvalue weighted by atomic mass is 16.5. The largest absolute Gasteiger partial charge is 0.494 e. The number of aryl methyl sites for hydroxylation is 1. The van der Waals surface area contributed by atoms with Gasteiger partial charge in [-0.1, -0.05) is 19.3 Å². The molecule has 6 nitrogen and oxygen atoms in total. The lowest BCUT2D eigenvalue weighted by molar-refractivity contribution is -0.132. The number of carbonyl (C=O) groups is 2. The number of anilines is 1. The molecule has 2 aliphatic rings. The van der Waals surface area contributed by atoms with E-state index >= 15 is 0 Å². The van der Waals surface area contributed by atoms with Crippen LogP contribution in [0.4, 0.5) is 5.69 Å². The number of aliphatic hydroxyl groups is 1. The predicted molar refractivity (Wildman–Crippen MR) is 132 cm³/mol. The van der Waals surface area contributed by atoms with Crippen LogP contribution in [-0.4, -0.2) is 54.7 Å². The highest BCUT2D eigenvalue weighted by Gasteiger charge is 2.23. The summed E-state index contributed by atoms with van der Waals surface area (Å²) in [6.45, 7) is 5.12. The maximum absolute atomic E-state index is 12.9.